The Morgan fingerprint density at radius 1 is 1.33 bits per heavy atom. The highest BCUT2D eigenvalue weighted by molar-refractivity contribution is 5.47. The van der Waals surface area contributed by atoms with Crippen molar-refractivity contribution >= 4 is 5.69 Å². The zero-order chi connectivity index (χ0) is 13.0. The van der Waals surface area contributed by atoms with E-state index in [0.717, 1.165) is 31.4 Å². The predicted octanol–water partition coefficient (Wildman–Crippen LogP) is 1.15. The van der Waals surface area contributed by atoms with Gasteiger partial charge in [-0.3, -0.25) is 4.90 Å². The third-order valence-electron chi connectivity index (χ3n) is 3.72. The van der Waals surface area contributed by atoms with E-state index < -0.39 is 6.10 Å². The molecule has 4 heteroatoms. The molecule has 1 aromatic carbocycles. The molecule has 0 spiro atoms. The van der Waals surface area contributed by atoms with Gasteiger partial charge < -0.3 is 15.9 Å². The highest BCUT2D eigenvalue weighted by Gasteiger charge is 2.24. The van der Waals surface area contributed by atoms with Crippen LogP contribution in [0.5, 0.6) is 0 Å². The van der Waals surface area contributed by atoms with Crippen molar-refractivity contribution in [1.82, 2.24) is 4.90 Å². The fourth-order valence-corrected chi connectivity index (χ4v) is 2.64. The van der Waals surface area contributed by atoms with Crippen LogP contribution in [0.2, 0.25) is 0 Å². The highest BCUT2D eigenvalue weighted by atomic mass is 16.3. The number of β-amino-alcohol motifs (C(OH)–C–C–N with tert-alkyl or cyclic N) is 1. The molecule has 4 nitrogen and oxygen atoms in total. The molecule has 0 aliphatic carbocycles. The number of nitrogen functional groups attached to an aromatic ring is 1. The van der Waals surface area contributed by atoms with Crippen LogP contribution in [0.25, 0.3) is 0 Å². The normalized spacial score (nSPS) is 22.9. The Hall–Kier alpha value is -1.10. The number of nitrogens with two attached hydrogens (primary N) is 1. The van der Waals surface area contributed by atoms with E-state index in [1.54, 1.807) is 6.07 Å². The van der Waals surface area contributed by atoms with Gasteiger partial charge in [0, 0.05) is 23.8 Å². The molecule has 100 valence electrons. The molecule has 0 bridgehead atoms. The molecular weight excluding hydrogens is 228 g/mol. The molecule has 1 aliphatic heterocycles. The van der Waals surface area contributed by atoms with Crippen LogP contribution in [0.1, 0.15) is 30.9 Å². The number of aliphatic hydroxyl groups excluding tert-OH is 2. The minimum absolute atomic E-state index is 0.164. The Labute approximate surface area is 108 Å². The third kappa shape index (κ3) is 3.02. The Balaban J connectivity index is 2.02. The second-order valence-electron chi connectivity index (χ2n) is 4.97. The third-order valence-corrected chi connectivity index (χ3v) is 3.72. The van der Waals surface area contributed by atoms with E-state index in [9.17, 15) is 10.2 Å². The van der Waals surface area contributed by atoms with Gasteiger partial charge in [-0.15, -0.1) is 0 Å². The van der Waals surface area contributed by atoms with Crippen molar-refractivity contribution in [3.8, 4) is 0 Å². The molecule has 1 saturated heterocycles. The van der Waals surface area contributed by atoms with Gasteiger partial charge in [-0.2, -0.15) is 0 Å². The number of benzene rings is 1. The standard InChI is InChI=1S/C14H22N2O2/c15-13-7-2-1-6-12(13)14(18)9-16-8-4-3-5-11(16)10-17/h1-2,6-7,11,14,17-18H,3-5,8-10,15H2. The van der Waals surface area contributed by atoms with Gasteiger partial charge in [-0.05, 0) is 25.5 Å². The molecule has 1 heterocycles. The van der Waals surface area contributed by atoms with Crippen LogP contribution in [0.4, 0.5) is 5.69 Å². The molecule has 0 amide bonds. The topological polar surface area (TPSA) is 69.7 Å². The monoisotopic (exact) mass is 250 g/mol. The van der Waals surface area contributed by atoms with E-state index >= 15 is 0 Å². The van der Waals surface area contributed by atoms with Crippen LogP contribution >= 0.6 is 0 Å². The molecule has 18 heavy (non-hydrogen) atoms. The molecule has 2 unspecified atom stereocenters. The number of para-hydroxylation sites is 1. The first-order valence-corrected chi connectivity index (χ1v) is 6.59. The van der Waals surface area contributed by atoms with Gasteiger partial charge in [0.05, 0.1) is 12.7 Å². The number of likely N-dealkylation sites (tertiary alicyclic amines) is 1. The second-order valence-corrected chi connectivity index (χ2v) is 4.97. The number of hydrogen-bond donors (Lipinski definition) is 3. The maximum absolute atomic E-state index is 10.3. The highest BCUT2D eigenvalue weighted by Crippen LogP contribution is 2.24. The number of piperidine rings is 1. The Bertz CT molecular complexity index is 384. The smallest absolute Gasteiger partial charge is 0.0936 e. The van der Waals surface area contributed by atoms with Crippen molar-refractivity contribution in [1.29, 1.82) is 0 Å². The summed E-state index contributed by atoms with van der Waals surface area (Å²) in [5.74, 6) is 0. The summed E-state index contributed by atoms with van der Waals surface area (Å²) in [6.45, 7) is 1.64. The van der Waals surface area contributed by atoms with E-state index in [-0.39, 0.29) is 12.6 Å². The van der Waals surface area contributed by atoms with Gasteiger partial charge in [-0.25, -0.2) is 0 Å². The molecule has 1 aromatic rings. The van der Waals surface area contributed by atoms with Crippen molar-refractivity contribution in [2.75, 3.05) is 25.4 Å². The number of hydrogen-bond acceptors (Lipinski definition) is 4. The zero-order valence-electron chi connectivity index (χ0n) is 10.6. The predicted molar refractivity (Wildman–Crippen MR) is 72.1 cm³/mol. The Kier molecular flexibility index (Phi) is 4.58. The summed E-state index contributed by atoms with van der Waals surface area (Å²) in [6.07, 6.45) is 2.71. The first-order chi connectivity index (χ1) is 8.72. The van der Waals surface area contributed by atoms with Crippen LogP contribution in [-0.2, 0) is 0 Å². The maximum atomic E-state index is 10.3. The number of anilines is 1. The van der Waals surface area contributed by atoms with Gasteiger partial charge in [-0.1, -0.05) is 24.6 Å². The first-order valence-electron chi connectivity index (χ1n) is 6.59. The summed E-state index contributed by atoms with van der Waals surface area (Å²) in [5, 5.41) is 19.6. The molecule has 0 saturated carbocycles. The molecule has 2 rings (SSSR count). The van der Waals surface area contributed by atoms with Crippen LogP contribution in [0.15, 0.2) is 24.3 Å². The second kappa shape index (κ2) is 6.18. The Morgan fingerprint density at radius 2 is 2.11 bits per heavy atom. The van der Waals surface area contributed by atoms with E-state index in [4.69, 9.17) is 5.73 Å². The maximum Gasteiger partial charge on any atom is 0.0936 e. The summed E-state index contributed by atoms with van der Waals surface area (Å²) in [5.41, 5.74) is 7.27. The summed E-state index contributed by atoms with van der Waals surface area (Å²) < 4.78 is 0. The minimum Gasteiger partial charge on any atom is -0.398 e. The van der Waals surface area contributed by atoms with Crippen LogP contribution < -0.4 is 5.73 Å². The van der Waals surface area contributed by atoms with Crippen LogP contribution in [0, 0.1) is 0 Å². The molecule has 0 aromatic heterocycles. The van der Waals surface area contributed by atoms with Crippen molar-refractivity contribution in [3.05, 3.63) is 29.8 Å². The number of aliphatic hydroxyl groups is 2. The van der Waals surface area contributed by atoms with Crippen molar-refractivity contribution < 1.29 is 10.2 Å². The van der Waals surface area contributed by atoms with Gasteiger partial charge in [0.25, 0.3) is 0 Å². The van der Waals surface area contributed by atoms with E-state index in [0.29, 0.717) is 12.2 Å². The average Bonchev–Trinajstić information content (AvgIpc) is 2.39. The van der Waals surface area contributed by atoms with Gasteiger partial charge in [0.2, 0.25) is 0 Å². The minimum atomic E-state index is -0.585. The van der Waals surface area contributed by atoms with Crippen molar-refractivity contribution in [3.63, 3.8) is 0 Å². The molecule has 2 atom stereocenters. The number of nitrogens with zero attached hydrogens (tertiary/aromatic N) is 1. The van der Waals surface area contributed by atoms with Gasteiger partial charge >= 0.3 is 0 Å². The molecule has 1 fully saturated rings. The van der Waals surface area contributed by atoms with Gasteiger partial charge in [0.15, 0.2) is 0 Å². The lowest BCUT2D eigenvalue weighted by Crippen LogP contribution is -2.43. The first kappa shape index (κ1) is 13.3. The van der Waals surface area contributed by atoms with E-state index in [1.165, 1.54) is 0 Å². The lowest BCUT2D eigenvalue weighted by Gasteiger charge is -2.36. The largest absolute Gasteiger partial charge is 0.398 e. The van der Waals surface area contributed by atoms with Gasteiger partial charge in [0.1, 0.15) is 0 Å². The molecule has 4 N–H and O–H groups in total. The summed E-state index contributed by atoms with van der Waals surface area (Å²) >= 11 is 0. The molecular formula is C14H22N2O2. The summed E-state index contributed by atoms with van der Waals surface area (Å²) in [7, 11) is 0. The summed E-state index contributed by atoms with van der Waals surface area (Å²) in [6, 6.07) is 7.59. The SMILES string of the molecule is Nc1ccccc1C(O)CN1CCCCC1CO. The van der Waals surface area contributed by atoms with Crippen molar-refractivity contribution in [2.45, 2.75) is 31.4 Å². The van der Waals surface area contributed by atoms with Crippen LogP contribution in [0.3, 0.4) is 0 Å². The fraction of sp³-hybridized carbons (Fsp3) is 0.571. The van der Waals surface area contributed by atoms with E-state index in [1.807, 2.05) is 18.2 Å². The lowest BCUT2D eigenvalue weighted by atomic mass is 10.0. The number of rotatable bonds is 4. The van der Waals surface area contributed by atoms with Crippen molar-refractivity contribution in [2.24, 2.45) is 0 Å². The van der Waals surface area contributed by atoms with Crippen LogP contribution in [-0.4, -0.2) is 40.9 Å². The molecule has 1 aliphatic rings. The quantitative estimate of drug-likeness (QED) is 0.701. The lowest BCUT2D eigenvalue weighted by molar-refractivity contribution is 0.0420. The molecule has 0 radical (unpaired) electrons. The summed E-state index contributed by atoms with van der Waals surface area (Å²) in [4.78, 5) is 2.17. The fourth-order valence-electron chi connectivity index (χ4n) is 2.64. The Morgan fingerprint density at radius 3 is 2.83 bits per heavy atom. The average molecular weight is 250 g/mol. The zero-order valence-corrected chi connectivity index (χ0v) is 10.6. The van der Waals surface area contributed by atoms with E-state index in [2.05, 4.69) is 4.90 Å².